The molecule has 0 spiro atoms. The van der Waals surface area contributed by atoms with E-state index in [0.717, 1.165) is 32.1 Å². The summed E-state index contributed by atoms with van der Waals surface area (Å²) in [6.45, 7) is 0. The molecule has 0 heterocycles. The van der Waals surface area contributed by atoms with Gasteiger partial charge in [-0.2, -0.15) is 0 Å². The summed E-state index contributed by atoms with van der Waals surface area (Å²) in [5.41, 5.74) is -0.690. The van der Waals surface area contributed by atoms with Gasteiger partial charge in [0.15, 0.2) is 17.5 Å². The van der Waals surface area contributed by atoms with E-state index in [-0.39, 0.29) is 11.8 Å². The minimum Gasteiger partial charge on any atom is -0.481 e. The number of carboxylic acid groups (broad SMARTS) is 1. The minimum atomic E-state index is -4.75. The molecule has 28 heavy (non-hydrogen) atoms. The van der Waals surface area contributed by atoms with Gasteiger partial charge in [0.1, 0.15) is 4.90 Å². The zero-order valence-electron chi connectivity index (χ0n) is 15.1. The van der Waals surface area contributed by atoms with Crippen molar-refractivity contribution >= 4 is 33.4 Å². The van der Waals surface area contributed by atoms with Gasteiger partial charge in [-0.05, 0) is 12.8 Å². The van der Waals surface area contributed by atoms with Crippen LogP contribution >= 0.6 is 11.8 Å². The molecule has 0 aromatic heterocycles. The number of nitrogens with two attached hydrogens (primary N) is 1. The van der Waals surface area contributed by atoms with Gasteiger partial charge in [0.25, 0.3) is 0 Å². The molecule has 1 saturated carbocycles. The van der Waals surface area contributed by atoms with Crippen molar-refractivity contribution in [2.24, 2.45) is 5.14 Å². The smallest absolute Gasteiger partial charge is 0.304 e. The number of rotatable bonds is 7. The van der Waals surface area contributed by atoms with Crippen molar-refractivity contribution in [3.05, 3.63) is 17.5 Å². The van der Waals surface area contributed by atoms with Gasteiger partial charge in [-0.3, -0.25) is 4.79 Å². The van der Waals surface area contributed by atoms with Gasteiger partial charge in [-0.1, -0.05) is 32.1 Å². The first kappa shape index (κ1) is 22.8. The molecule has 1 fully saturated rings. The summed E-state index contributed by atoms with van der Waals surface area (Å²) < 4.78 is 67.5. The average molecular weight is 441 g/mol. The van der Waals surface area contributed by atoms with Crippen molar-refractivity contribution < 1.29 is 31.5 Å². The summed E-state index contributed by atoms with van der Waals surface area (Å²) in [5, 5.41) is 16.4. The molecule has 0 radical (unpaired) electrons. The molecule has 158 valence electrons. The van der Waals surface area contributed by atoms with E-state index < -0.39 is 55.3 Å². The van der Waals surface area contributed by atoms with Gasteiger partial charge < -0.3 is 10.4 Å². The van der Waals surface area contributed by atoms with Gasteiger partial charge in [0, 0.05) is 11.8 Å². The first-order valence-electron chi connectivity index (χ1n) is 8.97. The summed E-state index contributed by atoms with van der Waals surface area (Å²) in [6, 6.07) is -0.308. The number of benzene rings is 1. The van der Waals surface area contributed by atoms with Crippen LogP contribution in [0.4, 0.5) is 18.9 Å². The lowest BCUT2D eigenvalue weighted by molar-refractivity contribution is -0.136. The Kier molecular flexibility index (Phi) is 8.02. The zero-order chi connectivity index (χ0) is 20.9. The van der Waals surface area contributed by atoms with Crippen LogP contribution < -0.4 is 10.5 Å². The number of hydrogen-bond acceptors (Lipinski definition) is 5. The highest BCUT2D eigenvalue weighted by molar-refractivity contribution is 7.99. The molecule has 0 atom stereocenters. The molecule has 2 rings (SSSR count). The predicted octanol–water partition coefficient (Wildman–Crippen LogP) is 3.84. The first-order chi connectivity index (χ1) is 13.1. The maximum Gasteiger partial charge on any atom is 0.304 e. The Hall–Kier alpha value is -1.46. The molecule has 1 aromatic rings. The quantitative estimate of drug-likeness (QED) is 0.439. The van der Waals surface area contributed by atoms with Crippen LogP contribution in [-0.2, 0) is 14.8 Å². The van der Waals surface area contributed by atoms with Crippen LogP contribution in [0.1, 0.15) is 51.4 Å². The highest BCUT2D eigenvalue weighted by atomic mass is 32.2. The Bertz CT molecular complexity index is 826. The fourth-order valence-electron chi connectivity index (χ4n) is 3.19. The molecule has 1 aliphatic rings. The van der Waals surface area contributed by atoms with Crippen LogP contribution in [0.15, 0.2) is 9.79 Å². The lowest BCUT2D eigenvalue weighted by Gasteiger charge is -2.24. The molecule has 0 aliphatic heterocycles. The van der Waals surface area contributed by atoms with Crippen molar-refractivity contribution in [2.45, 2.75) is 67.2 Å². The number of aliphatic carboxylic acids is 1. The third kappa shape index (κ3) is 5.77. The molecule has 0 bridgehead atoms. The van der Waals surface area contributed by atoms with Gasteiger partial charge >= 0.3 is 5.97 Å². The van der Waals surface area contributed by atoms with E-state index in [2.05, 4.69) is 5.32 Å². The number of thioether (sulfide) groups is 1. The van der Waals surface area contributed by atoms with Crippen molar-refractivity contribution in [2.75, 3.05) is 11.1 Å². The molecule has 0 amide bonds. The number of primary sulfonamides is 1. The number of carbonyl (C=O) groups is 1. The molecule has 11 heteroatoms. The van der Waals surface area contributed by atoms with E-state index in [1.165, 1.54) is 0 Å². The van der Waals surface area contributed by atoms with Gasteiger partial charge in [-0.15, -0.1) is 11.8 Å². The van der Waals surface area contributed by atoms with Crippen LogP contribution in [0.3, 0.4) is 0 Å². The normalized spacial score (nSPS) is 16.4. The van der Waals surface area contributed by atoms with Crippen LogP contribution in [-0.4, -0.2) is 31.3 Å². The van der Waals surface area contributed by atoms with E-state index in [9.17, 15) is 22.0 Å². The Morgan fingerprint density at radius 2 is 1.64 bits per heavy atom. The van der Waals surface area contributed by atoms with E-state index in [1.54, 1.807) is 0 Å². The second kappa shape index (κ2) is 9.84. The third-order valence-corrected chi connectivity index (χ3v) is 6.55. The predicted molar refractivity (Wildman–Crippen MR) is 100 cm³/mol. The number of nitrogens with one attached hydrogen (secondary N) is 1. The lowest BCUT2D eigenvalue weighted by atomic mass is 9.96. The summed E-state index contributed by atoms with van der Waals surface area (Å²) in [4.78, 5) is 8.61. The first-order valence-corrected chi connectivity index (χ1v) is 11.5. The van der Waals surface area contributed by atoms with E-state index in [1.807, 2.05) is 0 Å². The average Bonchev–Trinajstić information content (AvgIpc) is 2.56. The highest BCUT2D eigenvalue weighted by Gasteiger charge is 2.32. The number of carboxylic acids is 1. The molecule has 1 aromatic carbocycles. The van der Waals surface area contributed by atoms with E-state index >= 15 is 4.39 Å². The lowest BCUT2D eigenvalue weighted by Crippen LogP contribution is -2.26. The maximum absolute atomic E-state index is 15.0. The van der Waals surface area contributed by atoms with Gasteiger partial charge in [-0.25, -0.2) is 26.7 Å². The molecular weight excluding hydrogens is 417 g/mol. The fourth-order valence-corrected chi connectivity index (χ4v) is 4.88. The van der Waals surface area contributed by atoms with Crippen molar-refractivity contribution in [3.63, 3.8) is 0 Å². The summed E-state index contributed by atoms with van der Waals surface area (Å²) in [6.07, 6.45) is 5.59. The molecule has 0 saturated heterocycles. The van der Waals surface area contributed by atoms with Crippen LogP contribution in [0.25, 0.3) is 0 Å². The Morgan fingerprint density at radius 3 is 2.18 bits per heavy atom. The standard InChI is InChI=1S/C17H23F3N2O4S2/c18-12-13(19)17(28(21,25)26)15(14(20)16(12)27-9-8-11(23)24)22-10-6-4-2-1-3-5-7-10/h10,22H,1-9H2,(H,23,24)(H2,21,25,26). The van der Waals surface area contributed by atoms with Crippen molar-refractivity contribution in [1.82, 2.24) is 0 Å². The summed E-state index contributed by atoms with van der Waals surface area (Å²) in [7, 11) is -4.75. The molecule has 1 aliphatic carbocycles. The summed E-state index contributed by atoms with van der Waals surface area (Å²) >= 11 is 0.473. The second-order valence-electron chi connectivity index (χ2n) is 6.70. The zero-order valence-corrected chi connectivity index (χ0v) is 16.8. The largest absolute Gasteiger partial charge is 0.481 e. The Labute approximate surface area is 166 Å². The molecule has 6 nitrogen and oxygen atoms in total. The number of sulfonamides is 1. The number of anilines is 1. The molecular formula is C17H23F3N2O4S2. The monoisotopic (exact) mass is 440 g/mol. The maximum atomic E-state index is 15.0. The second-order valence-corrected chi connectivity index (χ2v) is 9.30. The van der Waals surface area contributed by atoms with Crippen LogP contribution in [0.2, 0.25) is 0 Å². The Balaban J connectivity index is 2.46. The van der Waals surface area contributed by atoms with E-state index in [4.69, 9.17) is 10.2 Å². The minimum absolute atomic E-state index is 0.208. The Morgan fingerprint density at radius 1 is 1.07 bits per heavy atom. The SMILES string of the molecule is NS(=O)(=O)c1c(F)c(F)c(SCCC(=O)O)c(F)c1NC1CCCCCCC1. The summed E-state index contributed by atoms with van der Waals surface area (Å²) in [5.74, 6) is -6.13. The van der Waals surface area contributed by atoms with Crippen LogP contribution in [0, 0.1) is 17.5 Å². The fraction of sp³-hybridized carbons (Fsp3) is 0.588. The number of halogens is 3. The van der Waals surface area contributed by atoms with Crippen molar-refractivity contribution in [1.29, 1.82) is 0 Å². The number of hydrogen-bond donors (Lipinski definition) is 3. The molecule has 0 unspecified atom stereocenters. The third-order valence-electron chi connectivity index (χ3n) is 4.54. The highest BCUT2D eigenvalue weighted by Crippen LogP contribution is 2.38. The van der Waals surface area contributed by atoms with Gasteiger partial charge in [0.2, 0.25) is 10.0 Å². The van der Waals surface area contributed by atoms with E-state index in [0.29, 0.717) is 24.6 Å². The molecule has 4 N–H and O–H groups in total. The van der Waals surface area contributed by atoms with Crippen molar-refractivity contribution in [3.8, 4) is 0 Å². The topological polar surface area (TPSA) is 109 Å². The van der Waals surface area contributed by atoms with Gasteiger partial charge in [0.05, 0.1) is 17.0 Å². The van der Waals surface area contributed by atoms with Crippen LogP contribution in [0.5, 0.6) is 0 Å².